The van der Waals surface area contributed by atoms with Gasteiger partial charge in [0.25, 0.3) is 11.6 Å². The number of amides is 1. The van der Waals surface area contributed by atoms with Gasteiger partial charge in [0.15, 0.2) is 5.58 Å². The number of aromatic nitrogens is 1. The van der Waals surface area contributed by atoms with Crippen molar-refractivity contribution in [3.8, 4) is 11.5 Å². The van der Waals surface area contributed by atoms with Crippen LogP contribution < -0.4 is 10.2 Å². The fourth-order valence-corrected chi connectivity index (χ4v) is 4.49. The number of benzene rings is 3. The van der Waals surface area contributed by atoms with E-state index in [0.717, 1.165) is 43.4 Å². The van der Waals surface area contributed by atoms with Crippen molar-refractivity contribution in [1.82, 2.24) is 4.98 Å². The number of piperidine rings is 1. The van der Waals surface area contributed by atoms with Gasteiger partial charge in [-0.05, 0) is 74.2 Å². The number of rotatable bonds is 5. The molecule has 35 heavy (non-hydrogen) atoms. The van der Waals surface area contributed by atoms with Gasteiger partial charge in [0.05, 0.1) is 15.6 Å². The summed E-state index contributed by atoms with van der Waals surface area (Å²) in [5.41, 5.74) is 4.10. The Morgan fingerprint density at radius 2 is 1.89 bits per heavy atom. The Hall–Kier alpha value is -3.91. The summed E-state index contributed by atoms with van der Waals surface area (Å²) in [5, 5.41) is 14.9. The summed E-state index contributed by atoms with van der Waals surface area (Å²) in [5.74, 6) is -0.0928. The highest BCUT2D eigenvalue weighted by Crippen LogP contribution is 2.33. The van der Waals surface area contributed by atoms with Crippen LogP contribution in [0.4, 0.5) is 17.1 Å². The molecule has 8 nitrogen and oxygen atoms in total. The molecular formula is C26H23ClN4O4. The highest BCUT2D eigenvalue weighted by atomic mass is 35.5. The predicted octanol–water partition coefficient (Wildman–Crippen LogP) is 6.61. The lowest BCUT2D eigenvalue weighted by Gasteiger charge is -2.28. The Kier molecular flexibility index (Phi) is 6.13. The summed E-state index contributed by atoms with van der Waals surface area (Å²) in [6.07, 6.45) is 3.11. The number of carbonyl (C=O) groups excluding carboxylic acids is 1. The molecule has 3 aromatic carbocycles. The number of hydrogen-bond acceptors (Lipinski definition) is 6. The second kappa shape index (κ2) is 9.38. The molecule has 178 valence electrons. The Morgan fingerprint density at radius 1 is 1.09 bits per heavy atom. The molecule has 0 bridgehead atoms. The summed E-state index contributed by atoms with van der Waals surface area (Å²) in [6.45, 7) is 3.52. The van der Waals surface area contributed by atoms with Crippen LogP contribution in [0, 0.1) is 17.0 Å². The molecule has 1 amide bonds. The van der Waals surface area contributed by atoms with E-state index in [1.165, 1.54) is 6.07 Å². The zero-order valence-electron chi connectivity index (χ0n) is 19.1. The third-order valence-electron chi connectivity index (χ3n) is 6.14. The summed E-state index contributed by atoms with van der Waals surface area (Å²) < 4.78 is 5.86. The zero-order chi connectivity index (χ0) is 24.5. The van der Waals surface area contributed by atoms with E-state index in [2.05, 4.69) is 10.3 Å². The van der Waals surface area contributed by atoms with E-state index in [1.54, 1.807) is 30.3 Å². The number of oxazole rings is 1. The molecule has 5 rings (SSSR count). The third-order valence-corrected chi connectivity index (χ3v) is 6.47. The number of nitrogens with one attached hydrogen (secondary N) is 1. The maximum Gasteiger partial charge on any atom is 0.293 e. The second-order valence-corrected chi connectivity index (χ2v) is 9.05. The predicted molar refractivity (Wildman–Crippen MR) is 136 cm³/mol. The van der Waals surface area contributed by atoms with Crippen molar-refractivity contribution in [2.24, 2.45) is 0 Å². The number of halogens is 1. The van der Waals surface area contributed by atoms with Crippen molar-refractivity contribution in [3.63, 3.8) is 0 Å². The molecule has 4 aromatic rings. The average Bonchev–Trinajstić information content (AvgIpc) is 3.28. The largest absolute Gasteiger partial charge is 0.436 e. The van der Waals surface area contributed by atoms with Crippen LogP contribution in [0.5, 0.6) is 0 Å². The molecule has 9 heteroatoms. The lowest BCUT2D eigenvalue weighted by molar-refractivity contribution is -0.384. The molecule has 0 saturated carbocycles. The zero-order valence-corrected chi connectivity index (χ0v) is 19.8. The number of aryl methyl sites for hydroxylation is 1. The smallest absolute Gasteiger partial charge is 0.293 e. The van der Waals surface area contributed by atoms with Crippen molar-refractivity contribution >= 4 is 45.7 Å². The molecular weight excluding hydrogens is 468 g/mol. The minimum absolute atomic E-state index is 0.0823. The lowest BCUT2D eigenvalue weighted by atomic mass is 10.1. The number of nitrogens with zero attached hydrogens (tertiary/aromatic N) is 3. The normalized spacial score (nSPS) is 13.7. The van der Waals surface area contributed by atoms with E-state index in [9.17, 15) is 14.9 Å². The minimum Gasteiger partial charge on any atom is -0.436 e. The third kappa shape index (κ3) is 4.70. The van der Waals surface area contributed by atoms with E-state index >= 15 is 0 Å². The van der Waals surface area contributed by atoms with Crippen molar-refractivity contribution in [2.45, 2.75) is 26.2 Å². The fourth-order valence-electron chi connectivity index (χ4n) is 4.32. The second-order valence-electron chi connectivity index (χ2n) is 8.65. The SMILES string of the molecule is Cc1ccc2oc(-c3ccc(Cl)c(NC(=O)c4ccc(N5CCCCC5)c([N+](=O)[O-])c4)c3)nc2c1. The summed E-state index contributed by atoms with van der Waals surface area (Å²) in [7, 11) is 0. The van der Waals surface area contributed by atoms with Gasteiger partial charge in [-0.2, -0.15) is 0 Å². The van der Waals surface area contributed by atoms with E-state index < -0.39 is 10.8 Å². The molecule has 0 atom stereocenters. The average molecular weight is 491 g/mol. The molecule has 0 radical (unpaired) electrons. The van der Waals surface area contributed by atoms with Gasteiger partial charge in [0.1, 0.15) is 11.2 Å². The van der Waals surface area contributed by atoms with Crippen LogP contribution in [0.15, 0.2) is 59.0 Å². The molecule has 0 spiro atoms. The van der Waals surface area contributed by atoms with Crippen molar-refractivity contribution in [1.29, 1.82) is 0 Å². The summed E-state index contributed by atoms with van der Waals surface area (Å²) in [6, 6.07) is 15.4. The molecule has 1 aromatic heterocycles. The Bertz CT molecular complexity index is 1440. The maximum atomic E-state index is 13.0. The molecule has 0 aliphatic carbocycles. The molecule has 1 aliphatic rings. The monoisotopic (exact) mass is 490 g/mol. The van der Waals surface area contributed by atoms with Crippen LogP contribution in [0.3, 0.4) is 0 Å². The highest BCUT2D eigenvalue weighted by molar-refractivity contribution is 6.34. The van der Waals surface area contributed by atoms with Gasteiger partial charge in [-0.15, -0.1) is 0 Å². The Morgan fingerprint density at radius 3 is 2.66 bits per heavy atom. The summed E-state index contributed by atoms with van der Waals surface area (Å²) in [4.78, 5) is 30.9. The van der Waals surface area contributed by atoms with Gasteiger partial charge >= 0.3 is 0 Å². The number of anilines is 2. The van der Waals surface area contributed by atoms with Crippen LogP contribution >= 0.6 is 11.6 Å². The fraction of sp³-hybridized carbons (Fsp3) is 0.231. The van der Waals surface area contributed by atoms with Crippen molar-refractivity contribution in [3.05, 3.63) is 80.9 Å². The first-order chi connectivity index (χ1) is 16.9. The maximum absolute atomic E-state index is 13.0. The standard InChI is InChI=1S/C26H23ClN4O4/c1-16-5-10-24-21(13-16)29-26(35-24)18-6-8-19(27)20(14-18)28-25(32)17-7-9-22(23(15-17)31(33)34)30-11-3-2-4-12-30/h5-10,13-15H,2-4,11-12H2,1H3,(H,28,32). The van der Waals surface area contributed by atoms with E-state index in [0.29, 0.717) is 33.4 Å². The molecule has 1 aliphatic heterocycles. The van der Waals surface area contributed by atoms with Crippen LogP contribution in [-0.4, -0.2) is 28.9 Å². The van der Waals surface area contributed by atoms with Gasteiger partial charge in [0.2, 0.25) is 5.89 Å². The van der Waals surface area contributed by atoms with Crippen LogP contribution in [0.1, 0.15) is 35.2 Å². The lowest BCUT2D eigenvalue weighted by Crippen LogP contribution is -2.30. The van der Waals surface area contributed by atoms with E-state index in [-0.39, 0.29) is 11.3 Å². The van der Waals surface area contributed by atoms with Gasteiger partial charge in [-0.1, -0.05) is 17.7 Å². The topological polar surface area (TPSA) is 102 Å². The van der Waals surface area contributed by atoms with E-state index in [4.69, 9.17) is 16.0 Å². The first-order valence-electron chi connectivity index (χ1n) is 11.4. The van der Waals surface area contributed by atoms with Crippen molar-refractivity contribution in [2.75, 3.05) is 23.3 Å². The van der Waals surface area contributed by atoms with Crippen LogP contribution in [-0.2, 0) is 0 Å². The van der Waals surface area contributed by atoms with Gasteiger partial charge in [-0.25, -0.2) is 4.98 Å². The Balaban J connectivity index is 1.42. The first-order valence-corrected chi connectivity index (χ1v) is 11.8. The first kappa shape index (κ1) is 22.9. The van der Waals surface area contributed by atoms with E-state index in [1.807, 2.05) is 30.0 Å². The van der Waals surface area contributed by atoms with Gasteiger partial charge < -0.3 is 14.6 Å². The molecule has 1 fully saturated rings. The number of fused-ring (bicyclic) bond motifs is 1. The number of nitro benzene ring substituents is 1. The Labute approximate surface area is 206 Å². The number of nitro groups is 1. The highest BCUT2D eigenvalue weighted by Gasteiger charge is 2.23. The molecule has 0 unspecified atom stereocenters. The van der Waals surface area contributed by atoms with Crippen LogP contribution in [0.25, 0.3) is 22.6 Å². The molecule has 1 saturated heterocycles. The van der Waals surface area contributed by atoms with Gasteiger partial charge in [0, 0.05) is 30.3 Å². The summed E-state index contributed by atoms with van der Waals surface area (Å²) >= 11 is 6.34. The van der Waals surface area contributed by atoms with Crippen LogP contribution in [0.2, 0.25) is 5.02 Å². The molecule has 1 N–H and O–H groups in total. The van der Waals surface area contributed by atoms with Gasteiger partial charge in [-0.3, -0.25) is 14.9 Å². The minimum atomic E-state index is -0.495. The quantitative estimate of drug-likeness (QED) is 0.249. The molecule has 2 heterocycles. The van der Waals surface area contributed by atoms with Crippen molar-refractivity contribution < 1.29 is 14.1 Å². The number of hydrogen-bond donors (Lipinski definition) is 1. The number of carbonyl (C=O) groups is 1.